The van der Waals surface area contributed by atoms with Crippen molar-refractivity contribution in [1.29, 1.82) is 0 Å². The SMILES string of the molecule is CC(NC(=O)c1ccc(Oc2ccccc2)o1)C(C)n1cncn1. The lowest BCUT2D eigenvalue weighted by Crippen LogP contribution is -2.38. The number of carbonyl (C=O) groups excluding carboxylic acids is 1. The first-order chi connectivity index (χ1) is 11.6. The number of rotatable bonds is 6. The third-order valence-electron chi connectivity index (χ3n) is 3.70. The second-order valence-electron chi connectivity index (χ2n) is 5.41. The molecule has 1 amide bonds. The van der Waals surface area contributed by atoms with Crippen LogP contribution in [0.1, 0.15) is 30.4 Å². The Balaban J connectivity index is 1.61. The maximum absolute atomic E-state index is 12.3. The third-order valence-corrected chi connectivity index (χ3v) is 3.70. The fraction of sp³-hybridized carbons (Fsp3) is 0.235. The highest BCUT2D eigenvalue weighted by Crippen LogP contribution is 2.23. The van der Waals surface area contributed by atoms with Crippen molar-refractivity contribution in [2.45, 2.75) is 25.9 Å². The quantitative estimate of drug-likeness (QED) is 0.753. The molecule has 0 aliphatic heterocycles. The van der Waals surface area contributed by atoms with E-state index in [1.54, 1.807) is 23.1 Å². The molecule has 0 aliphatic carbocycles. The molecule has 7 nitrogen and oxygen atoms in total. The van der Waals surface area contributed by atoms with Crippen LogP contribution >= 0.6 is 0 Å². The number of carbonyl (C=O) groups is 1. The fourth-order valence-corrected chi connectivity index (χ4v) is 2.16. The van der Waals surface area contributed by atoms with Crippen LogP contribution in [0.5, 0.6) is 11.7 Å². The second-order valence-corrected chi connectivity index (χ2v) is 5.41. The Labute approximate surface area is 139 Å². The van der Waals surface area contributed by atoms with E-state index in [-0.39, 0.29) is 29.7 Å². The molecule has 0 radical (unpaired) electrons. The molecule has 0 spiro atoms. The zero-order chi connectivity index (χ0) is 16.9. The van der Waals surface area contributed by atoms with Gasteiger partial charge in [0, 0.05) is 12.1 Å². The van der Waals surface area contributed by atoms with Gasteiger partial charge in [-0.25, -0.2) is 9.67 Å². The monoisotopic (exact) mass is 326 g/mol. The van der Waals surface area contributed by atoms with Crippen LogP contribution in [-0.2, 0) is 0 Å². The second kappa shape index (κ2) is 6.99. The van der Waals surface area contributed by atoms with Crippen molar-refractivity contribution >= 4 is 5.91 Å². The molecule has 2 aromatic heterocycles. The Morgan fingerprint density at radius 3 is 2.71 bits per heavy atom. The van der Waals surface area contributed by atoms with Crippen molar-refractivity contribution in [2.75, 3.05) is 0 Å². The summed E-state index contributed by atoms with van der Waals surface area (Å²) in [6.45, 7) is 3.85. The summed E-state index contributed by atoms with van der Waals surface area (Å²) in [6, 6.07) is 12.3. The maximum atomic E-state index is 12.3. The van der Waals surface area contributed by atoms with E-state index in [0.717, 1.165) is 0 Å². The van der Waals surface area contributed by atoms with Gasteiger partial charge in [-0.2, -0.15) is 5.10 Å². The number of para-hydroxylation sites is 1. The molecule has 124 valence electrons. The number of nitrogens with zero attached hydrogens (tertiary/aromatic N) is 3. The molecule has 1 N–H and O–H groups in total. The van der Waals surface area contributed by atoms with Crippen LogP contribution in [0.15, 0.2) is 59.5 Å². The van der Waals surface area contributed by atoms with Crippen molar-refractivity contribution < 1.29 is 13.9 Å². The van der Waals surface area contributed by atoms with Gasteiger partial charge in [0.25, 0.3) is 11.9 Å². The number of ether oxygens (including phenoxy) is 1. The third kappa shape index (κ3) is 3.62. The van der Waals surface area contributed by atoms with Crippen molar-refractivity contribution in [3.63, 3.8) is 0 Å². The van der Waals surface area contributed by atoms with Gasteiger partial charge < -0.3 is 14.5 Å². The average molecular weight is 326 g/mol. The molecule has 7 heteroatoms. The van der Waals surface area contributed by atoms with Gasteiger partial charge in [-0.05, 0) is 32.0 Å². The minimum atomic E-state index is -0.308. The Morgan fingerprint density at radius 1 is 1.21 bits per heavy atom. The van der Waals surface area contributed by atoms with E-state index in [1.165, 1.54) is 6.33 Å². The molecule has 0 saturated heterocycles. The van der Waals surface area contributed by atoms with Crippen LogP contribution in [0, 0.1) is 0 Å². The molecule has 2 atom stereocenters. The van der Waals surface area contributed by atoms with E-state index in [1.807, 2.05) is 44.2 Å². The van der Waals surface area contributed by atoms with E-state index in [2.05, 4.69) is 15.4 Å². The van der Waals surface area contributed by atoms with Crippen LogP contribution in [0.2, 0.25) is 0 Å². The number of hydrogen-bond acceptors (Lipinski definition) is 5. The molecule has 0 fully saturated rings. The minimum Gasteiger partial charge on any atom is -0.426 e. The number of furan rings is 1. The number of hydrogen-bond donors (Lipinski definition) is 1. The summed E-state index contributed by atoms with van der Waals surface area (Å²) < 4.78 is 12.7. The molecule has 0 bridgehead atoms. The predicted octanol–water partition coefficient (Wildman–Crippen LogP) is 3.04. The van der Waals surface area contributed by atoms with Gasteiger partial charge in [-0.3, -0.25) is 4.79 Å². The summed E-state index contributed by atoms with van der Waals surface area (Å²) in [5.74, 6) is 0.797. The first-order valence-electron chi connectivity index (χ1n) is 7.61. The predicted molar refractivity (Wildman–Crippen MR) is 86.9 cm³/mol. The molecular formula is C17H18N4O3. The molecule has 2 unspecified atom stereocenters. The van der Waals surface area contributed by atoms with Crippen LogP contribution < -0.4 is 10.1 Å². The largest absolute Gasteiger partial charge is 0.426 e. The standard InChI is InChI=1S/C17H18N4O3/c1-12(13(2)21-11-18-10-19-21)20-17(22)15-8-9-16(24-15)23-14-6-4-3-5-7-14/h3-13H,1-2H3,(H,20,22). The Bertz CT molecular complexity index is 783. The molecule has 1 aromatic carbocycles. The van der Waals surface area contributed by atoms with E-state index < -0.39 is 0 Å². The molecule has 2 heterocycles. The molecule has 24 heavy (non-hydrogen) atoms. The summed E-state index contributed by atoms with van der Waals surface area (Å²) in [4.78, 5) is 16.2. The van der Waals surface area contributed by atoms with E-state index in [9.17, 15) is 4.79 Å². The van der Waals surface area contributed by atoms with Crippen molar-refractivity contribution in [3.05, 3.63) is 60.9 Å². The molecular weight excluding hydrogens is 308 g/mol. The smallest absolute Gasteiger partial charge is 0.290 e. The lowest BCUT2D eigenvalue weighted by molar-refractivity contribution is 0.0895. The Kier molecular flexibility index (Phi) is 4.60. The van der Waals surface area contributed by atoms with Crippen molar-refractivity contribution in [1.82, 2.24) is 20.1 Å². The average Bonchev–Trinajstić information content (AvgIpc) is 3.27. The van der Waals surface area contributed by atoms with E-state index in [0.29, 0.717) is 5.75 Å². The first kappa shape index (κ1) is 15.8. The maximum Gasteiger partial charge on any atom is 0.290 e. The fourth-order valence-electron chi connectivity index (χ4n) is 2.16. The van der Waals surface area contributed by atoms with Gasteiger partial charge in [0.1, 0.15) is 18.4 Å². The Morgan fingerprint density at radius 2 is 2.00 bits per heavy atom. The van der Waals surface area contributed by atoms with Crippen LogP contribution in [0.4, 0.5) is 0 Å². The highest BCUT2D eigenvalue weighted by molar-refractivity contribution is 5.91. The lowest BCUT2D eigenvalue weighted by Gasteiger charge is -2.20. The summed E-state index contributed by atoms with van der Waals surface area (Å²) in [7, 11) is 0. The molecule has 3 aromatic rings. The van der Waals surface area contributed by atoms with Crippen LogP contribution in [0.25, 0.3) is 0 Å². The molecule has 3 rings (SSSR count). The van der Waals surface area contributed by atoms with Crippen LogP contribution in [0.3, 0.4) is 0 Å². The zero-order valence-corrected chi connectivity index (χ0v) is 13.4. The van der Waals surface area contributed by atoms with Crippen molar-refractivity contribution in [2.24, 2.45) is 0 Å². The van der Waals surface area contributed by atoms with Crippen LogP contribution in [-0.4, -0.2) is 26.7 Å². The van der Waals surface area contributed by atoms with Gasteiger partial charge in [0.15, 0.2) is 5.76 Å². The van der Waals surface area contributed by atoms with Gasteiger partial charge >= 0.3 is 0 Å². The molecule has 0 aliphatic rings. The van der Waals surface area contributed by atoms with E-state index >= 15 is 0 Å². The summed E-state index contributed by atoms with van der Waals surface area (Å²) >= 11 is 0. The highest BCUT2D eigenvalue weighted by Gasteiger charge is 2.20. The number of aromatic nitrogens is 3. The normalized spacial score (nSPS) is 13.2. The highest BCUT2D eigenvalue weighted by atomic mass is 16.6. The van der Waals surface area contributed by atoms with E-state index in [4.69, 9.17) is 9.15 Å². The molecule has 0 saturated carbocycles. The van der Waals surface area contributed by atoms with Crippen molar-refractivity contribution in [3.8, 4) is 11.7 Å². The van der Waals surface area contributed by atoms with Gasteiger partial charge in [0.05, 0.1) is 6.04 Å². The van der Waals surface area contributed by atoms with Gasteiger partial charge in [0.2, 0.25) is 0 Å². The number of benzene rings is 1. The minimum absolute atomic E-state index is 0.0357. The lowest BCUT2D eigenvalue weighted by atomic mass is 10.1. The Hall–Kier alpha value is -3.09. The zero-order valence-electron chi connectivity index (χ0n) is 13.4. The topological polar surface area (TPSA) is 82.2 Å². The first-order valence-corrected chi connectivity index (χ1v) is 7.61. The summed E-state index contributed by atoms with van der Waals surface area (Å²) in [6.07, 6.45) is 3.08. The number of amides is 1. The summed E-state index contributed by atoms with van der Waals surface area (Å²) in [5.41, 5.74) is 0. The summed E-state index contributed by atoms with van der Waals surface area (Å²) in [5, 5.41) is 6.96. The van der Waals surface area contributed by atoms with Gasteiger partial charge in [-0.1, -0.05) is 18.2 Å². The number of nitrogens with one attached hydrogen (secondary N) is 1. The van der Waals surface area contributed by atoms with Gasteiger partial charge in [-0.15, -0.1) is 0 Å².